The van der Waals surface area contributed by atoms with Crippen LogP contribution in [0.2, 0.25) is 0 Å². The Hall–Kier alpha value is -3.42. The van der Waals surface area contributed by atoms with Crippen LogP contribution in [0.3, 0.4) is 0 Å². The predicted molar refractivity (Wildman–Crippen MR) is 109 cm³/mol. The zero-order valence-electron chi connectivity index (χ0n) is 16.8. The molecule has 8 nitrogen and oxygen atoms in total. The van der Waals surface area contributed by atoms with Crippen molar-refractivity contribution in [2.75, 3.05) is 7.11 Å². The monoisotopic (exact) mass is 393 g/mol. The smallest absolute Gasteiger partial charge is 0.368 e. The fourth-order valence-corrected chi connectivity index (χ4v) is 3.60. The highest BCUT2D eigenvalue weighted by molar-refractivity contribution is 5.98. The first-order valence-electron chi connectivity index (χ1n) is 9.52. The first kappa shape index (κ1) is 18.9. The number of benzene rings is 2. The van der Waals surface area contributed by atoms with Gasteiger partial charge in [-0.3, -0.25) is 0 Å². The summed E-state index contributed by atoms with van der Waals surface area (Å²) >= 11 is 0. The van der Waals surface area contributed by atoms with Crippen LogP contribution >= 0.6 is 0 Å². The number of aromatic nitrogens is 4. The van der Waals surface area contributed by atoms with Gasteiger partial charge < -0.3 is 9.57 Å². The number of fused-ring (bicyclic) bond motifs is 1. The van der Waals surface area contributed by atoms with Crippen molar-refractivity contribution < 1.29 is 9.57 Å². The highest BCUT2D eigenvalue weighted by Crippen LogP contribution is 2.26. The molecule has 1 aliphatic rings. The van der Waals surface area contributed by atoms with Gasteiger partial charge in [0.05, 0.1) is 24.1 Å². The summed E-state index contributed by atoms with van der Waals surface area (Å²) in [7, 11) is 3.12. The van der Waals surface area contributed by atoms with E-state index in [1.165, 1.54) is 26.9 Å². The number of ether oxygens (including phenoxy) is 1. The highest BCUT2D eigenvalue weighted by Gasteiger charge is 2.16. The summed E-state index contributed by atoms with van der Waals surface area (Å²) in [6, 6.07) is 11.8. The predicted octanol–water partition coefficient (Wildman–Crippen LogP) is 2.40. The summed E-state index contributed by atoms with van der Waals surface area (Å²) in [5.41, 5.74) is 5.54. The first-order valence-corrected chi connectivity index (χ1v) is 9.52. The van der Waals surface area contributed by atoms with Crippen LogP contribution in [0.1, 0.15) is 35.6 Å². The molecule has 1 aliphatic carbocycles. The molecule has 0 radical (unpaired) electrons. The average molecular weight is 393 g/mol. The molecule has 0 N–H and O–H groups in total. The molecule has 3 aromatic rings. The maximum Gasteiger partial charge on any atom is 0.368 e. The van der Waals surface area contributed by atoms with Crippen molar-refractivity contribution in [2.24, 2.45) is 12.2 Å². The van der Waals surface area contributed by atoms with Crippen molar-refractivity contribution in [3.05, 3.63) is 69.1 Å². The Balaban J connectivity index is 1.59. The minimum Gasteiger partial charge on any atom is -0.496 e. The van der Waals surface area contributed by atoms with Crippen molar-refractivity contribution in [1.29, 1.82) is 0 Å². The lowest BCUT2D eigenvalue weighted by Crippen LogP contribution is -2.23. The summed E-state index contributed by atoms with van der Waals surface area (Å²) in [6.07, 6.45) is 3.49. The second-order valence-electron chi connectivity index (χ2n) is 7.04. The number of tetrazole rings is 1. The van der Waals surface area contributed by atoms with Crippen LogP contribution in [0.4, 0.5) is 0 Å². The van der Waals surface area contributed by atoms with Crippen molar-refractivity contribution in [2.45, 2.75) is 32.8 Å². The van der Waals surface area contributed by atoms with E-state index in [0.717, 1.165) is 24.1 Å². The van der Waals surface area contributed by atoms with Crippen molar-refractivity contribution in [3.63, 3.8) is 0 Å². The van der Waals surface area contributed by atoms with Gasteiger partial charge in [0.1, 0.15) is 12.4 Å². The molecule has 150 valence electrons. The Morgan fingerprint density at radius 3 is 2.76 bits per heavy atom. The molecule has 2 aromatic carbocycles. The lowest BCUT2D eigenvalue weighted by Gasteiger charge is -2.12. The van der Waals surface area contributed by atoms with Gasteiger partial charge in [0.15, 0.2) is 0 Å². The Kier molecular flexibility index (Phi) is 5.16. The number of rotatable bonds is 6. The summed E-state index contributed by atoms with van der Waals surface area (Å²) in [5.74, 6) is 0.588. The number of hydrogen-bond donors (Lipinski definition) is 0. The van der Waals surface area contributed by atoms with Crippen LogP contribution < -0.4 is 10.4 Å². The number of oxime groups is 1. The molecule has 0 aliphatic heterocycles. The quantitative estimate of drug-likeness (QED) is 0.474. The van der Waals surface area contributed by atoms with Gasteiger partial charge in [0.25, 0.3) is 0 Å². The third kappa shape index (κ3) is 3.65. The molecule has 0 spiro atoms. The van der Waals surface area contributed by atoms with Crippen LogP contribution in [0, 0.1) is 0 Å². The lowest BCUT2D eigenvalue weighted by atomic mass is 10.0. The maximum atomic E-state index is 12.3. The topological polar surface area (TPSA) is 83.5 Å². The summed E-state index contributed by atoms with van der Waals surface area (Å²) in [6.45, 7) is 2.05. The van der Waals surface area contributed by atoms with Gasteiger partial charge in [0.2, 0.25) is 0 Å². The van der Waals surface area contributed by atoms with E-state index in [-0.39, 0.29) is 12.3 Å². The number of aryl methyl sites for hydroxylation is 3. The Labute approximate surface area is 168 Å². The van der Waals surface area contributed by atoms with E-state index >= 15 is 0 Å². The van der Waals surface area contributed by atoms with E-state index in [4.69, 9.17) is 9.57 Å². The van der Waals surface area contributed by atoms with Gasteiger partial charge in [-0.2, -0.15) is 9.36 Å². The molecular formula is C21H23N5O3. The molecule has 4 rings (SSSR count). The van der Waals surface area contributed by atoms with Gasteiger partial charge in [-0.15, -0.1) is 0 Å². The fourth-order valence-electron chi connectivity index (χ4n) is 3.60. The lowest BCUT2D eigenvalue weighted by molar-refractivity contribution is 0.128. The third-order valence-electron chi connectivity index (χ3n) is 5.20. The minimum absolute atomic E-state index is 0.130. The first-order chi connectivity index (χ1) is 14.1. The van der Waals surface area contributed by atoms with E-state index in [9.17, 15) is 4.79 Å². The molecular weight excluding hydrogens is 370 g/mol. The molecule has 1 aromatic heterocycles. The van der Waals surface area contributed by atoms with Crippen LogP contribution in [0.25, 0.3) is 5.69 Å². The molecule has 0 saturated carbocycles. The van der Waals surface area contributed by atoms with Crippen LogP contribution in [0.5, 0.6) is 5.75 Å². The highest BCUT2D eigenvalue weighted by atomic mass is 16.6. The molecule has 0 unspecified atom stereocenters. The second-order valence-corrected chi connectivity index (χ2v) is 7.04. The second kappa shape index (κ2) is 7.90. The molecule has 29 heavy (non-hydrogen) atoms. The fraction of sp³-hybridized carbons (Fsp3) is 0.333. The summed E-state index contributed by atoms with van der Waals surface area (Å²) < 4.78 is 7.84. The standard InChI is InChI=1S/C21H23N5O3/c1-14(16-11-10-15-6-4-7-17(15)12-16)22-29-13-18-19(8-5-9-20(18)28-3)26-21(27)25(2)23-24-26/h5,8-12H,4,6-7,13H2,1-3H3. The summed E-state index contributed by atoms with van der Waals surface area (Å²) in [5, 5.41) is 12.0. The van der Waals surface area contributed by atoms with E-state index < -0.39 is 0 Å². The van der Waals surface area contributed by atoms with Crippen LogP contribution in [-0.4, -0.2) is 32.6 Å². The SMILES string of the molecule is COc1cccc(-n2nnn(C)c2=O)c1CON=C(C)c1ccc2c(c1)CCC2. The van der Waals surface area contributed by atoms with Gasteiger partial charge in [0, 0.05) is 7.05 Å². The normalized spacial score (nSPS) is 13.4. The van der Waals surface area contributed by atoms with Crippen molar-refractivity contribution >= 4 is 5.71 Å². The maximum absolute atomic E-state index is 12.3. The Morgan fingerprint density at radius 1 is 1.17 bits per heavy atom. The van der Waals surface area contributed by atoms with Crippen LogP contribution in [0.15, 0.2) is 46.3 Å². The van der Waals surface area contributed by atoms with E-state index in [2.05, 4.69) is 33.8 Å². The number of methoxy groups -OCH3 is 1. The Bertz CT molecular complexity index is 1130. The molecule has 0 fully saturated rings. The minimum atomic E-state index is -0.350. The molecule has 0 atom stereocenters. The van der Waals surface area contributed by atoms with E-state index in [1.54, 1.807) is 32.4 Å². The van der Waals surface area contributed by atoms with Gasteiger partial charge in [-0.05, 0) is 71.5 Å². The van der Waals surface area contributed by atoms with Crippen LogP contribution in [-0.2, 0) is 31.3 Å². The molecule has 0 saturated heterocycles. The zero-order valence-corrected chi connectivity index (χ0v) is 16.8. The molecule has 0 amide bonds. The van der Waals surface area contributed by atoms with Crippen molar-refractivity contribution in [3.8, 4) is 11.4 Å². The zero-order chi connectivity index (χ0) is 20.4. The Morgan fingerprint density at radius 2 is 2.00 bits per heavy atom. The third-order valence-corrected chi connectivity index (χ3v) is 5.20. The molecule has 0 bridgehead atoms. The van der Waals surface area contributed by atoms with E-state index in [1.807, 2.05) is 6.92 Å². The number of nitrogens with zero attached hydrogens (tertiary/aromatic N) is 5. The molecule has 8 heteroatoms. The summed E-state index contributed by atoms with van der Waals surface area (Å²) in [4.78, 5) is 17.9. The largest absolute Gasteiger partial charge is 0.496 e. The van der Waals surface area contributed by atoms with Crippen molar-refractivity contribution in [1.82, 2.24) is 19.8 Å². The van der Waals surface area contributed by atoms with Gasteiger partial charge >= 0.3 is 5.69 Å². The average Bonchev–Trinajstić information content (AvgIpc) is 3.34. The van der Waals surface area contributed by atoms with Gasteiger partial charge in [-0.25, -0.2) is 4.79 Å². The molecule has 1 heterocycles. The number of hydrogen-bond acceptors (Lipinski definition) is 6. The van der Waals surface area contributed by atoms with Gasteiger partial charge in [-0.1, -0.05) is 23.4 Å². The van der Waals surface area contributed by atoms with E-state index in [0.29, 0.717) is 17.0 Å².